The zero-order valence-electron chi connectivity index (χ0n) is 23.9. The first-order valence-electron chi connectivity index (χ1n) is 15.0. The first-order chi connectivity index (χ1) is 21.8. The molecule has 2 aliphatic rings. The Balaban J connectivity index is 1.34. The van der Waals surface area contributed by atoms with Crippen LogP contribution in [0, 0.1) is 0 Å². The molecule has 0 aromatic heterocycles. The Bertz CT molecular complexity index is 2130. The van der Waals surface area contributed by atoms with Gasteiger partial charge in [-0.1, -0.05) is 121 Å². The van der Waals surface area contributed by atoms with Crippen molar-refractivity contribution in [1.82, 2.24) is 0 Å². The minimum atomic E-state index is 0.0339. The van der Waals surface area contributed by atoms with Crippen LogP contribution < -0.4 is 30.8 Å². The van der Waals surface area contributed by atoms with Gasteiger partial charge in [-0.25, -0.2) is 0 Å². The summed E-state index contributed by atoms with van der Waals surface area (Å²) in [4.78, 5) is 2.35. The fourth-order valence-electron chi connectivity index (χ4n) is 6.84. The van der Waals surface area contributed by atoms with E-state index in [0.29, 0.717) is 0 Å². The molecule has 2 aliphatic heterocycles. The molecule has 0 amide bonds. The molecule has 4 heteroatoms. The molecule has 0 bridgehead atoms. The van der Waals surface area contributed by atoms with Gasteiger partial charge < -0.3 is 14.4 Å². The Morgan fingerprint density at radius 1 is 0.455 bits per heavy atom. The number of rotatable bonds is 4. The topological polar surface area (TPSA) is 21.7 Å². The third-order valence-corrected chi connectivity index (χ3v) is 8.76. The summed E-state index contributed by atoms with van der Waals surface area (Å²) in [6.45, 7) is 0.0339. The van der Waals surface area contributed by atoms with Crippen molar-refractivity contribution in [2.24, 2.45) is 0 Å². The van der Waals surface area contributed by atoms with Crippen LogP contribution in [0.15, 0.2) is 158 Å². The maximum Gasteiger partial charge on any atom is 0.260 e. The molecule has 7 aromatic rings. The maximum atomic E-state index is 6.70. The molecule has 0 fully saturated rings. The van der Waals surface area contributed by atoms with Gasteiger partial charge in [0.1, 0.15) is 23.0 Å². The number of benzene rings is 7. The second-order valence-corrected chi connectivity index (χ2v) is 11.3. The van der Waals surface area contributed by atoms with E-state index in [1.807, 2.05) is 12.1 Å². The largest absolute Gasteiger partial charge is 0.458 e. The number of hydrogen-bond acceptors (Lipinski definition) is 3. The van der Waals surface area contributed by atoms with Gasteiger partial charge in [-0.15, -0.1) is 0 Å². The molecule has 0 aliphatic carbocycles. The quantitative estimate of drug-likeness (QED) is 0.200. The summed E-state index contributed by atoms with van der Waals surface area (Å²) in [6, 6.07) is 55.3. The average molecular weight is 563 g/mol. The highest BCUT2D eigenvalue weighted by atomic mass is 16.5. The molecule has 7 aromatic carbocycles. The summed E-state index contributed by atoms with van der Waals surface area (Å²) in [7, 11) is 0. The van der Waals surface area contributed by atoms with Crippen molar-refractivity contribution in [3.05, 3.63) is 158 Å². The highest BCUT2D eigenvalue weighted by molar-refractivity contribution is 6.98. The molecule has 0 N–H and O–H groups in total. The van der Waals surface area contributed by atoms with Crippen LogP contribution in [0.4, 0.5) is 17.1 Å². The standard InChI is InChI=1S/C40H26BNO2/c1-3-13-27(14-4-1)32-24-23-28-15-7-8-18-31(28)40(32)42(29-16-5-2-6-17-29)30-25-37-39-38(26-30)44-36-22-12-10-20-34(36)41(39)33-19-9-11-21-35(33)43-37/h1-26H. The third kappa shape index (κ3) is 3.85. The van der Waals surface area contributed by atoms with Crippen molar-refractivity contribution in [2.75, 3.05) is 4.90 Å². The van der Waals surface area contributed by atoms with Crippen molar-refractivity contribution in [2.45, 2.75) is 0 Å². The molecule has 3 nitrogen and oxygen atoms in total. The van der Waals surface area contributed by atoms with E-state index >= 15 is 0 Å². The molecule has 0 unspecified atom stereocenters. The molecule has 2 heterocycles. The fraction of sp³-hybridized carbons (Fsp3) is 0. The van der Waals surface area contributed by atoms with Crippen LogP contribution in [0.3, 0.4) is 0 Å². The Morgan fingerprint density at radius 2 is 1.02 bits per heavy atom. The van der Waals surface area contributed by atoms with E-state index in [-0.39, 0.29) is 6.71 Å². The van der Waals surface area contributed by atoms with Gasteiger partial charge in [0.2, 0.25) is 0 Å². The van der Waals surface area contributed by atoms with E-state index < -0.39 is 0 Å². The molecule has 0 spiro atoms. The Kier molecular flexibility index (Phi) is 5.60. The Hall–Kier alpha value is -5.74. The molecule has 9 rings (SSSR count). The number of anilines is 3. The summed E-state index contributed by atoms with van der Waals surface area (Å²) >= 11 is 0. The number of para-hydroxylation sites is 3. The van der Waals surface area contributed by atoms with Crippen molar-refractivity contribution in [3.63, 3.8) is 0 Å². The fourth-order valence-corrected chi connectivity index (χ4v) is 6.84. The summed E-state index contributed by atoms with van der Waals surface area (Å²) < 4.78 is 13.4. The van der Waals surface area contributed by atoms with Gasteiger partial charge in [0, 0.05) is 34.2 Å². The second-order valence-electron chi connectivity index (χ2n) is 11.3. The lowest BCUT2D eigenvalue weighted by Gasteiger charge is -2.35. The van der Waals surface area contributed by atoms with Crippen LogP contribution in [-0.4, -0.2) is 6.71 Å². The lowest BCUT2D eigenvalue weighted by Crippen LogP contribution is -2.57. The van der Waals surface area contributed by atoms with E-state index in [1.54, 1.807) is 0 Å². The zero-order valence-corrected chi connectivity index (χ0v) is 23.9. The van der Waals surface area contributed by atoms with Crippen molar-refractivity contribution < 1.29 is 9.47 Å². The Labute approximate surface area is 256 Å². The highest BCUT2D eigenvalue weighted by Crippen LogP contribution is 2.47. The van der Waals surface area contributed by atoms with Crippen molar-refractivity contribution in [1.29, 1.82) is 0 Å². The van der Waals surface area contributed by atoms with E-state index in [9.17, 15) is 0 Å². The first-order valence-corrected chi connectivity index (χ1v) is 15.0. The summed E-state index contributed by atoms with van der Waals surface area (Å²) in [5, 5.41) is 2.34. The van der Waals surface area contributed by atoms with E-state index in [0.717, 1.165) is 67.6 Å². The summed E-state index contributed by atoms with van der Waals surface area (Å²) in [5.41, 5.74) is 8.82. The smallest absolute Gasteiger partial charge is 0.260 e. The average Bonchev–Trinajstić information content (AvgIpc) is 3.09. The van der Waals surface area contributed by atoms with Gasteiger partial charge in [-0.05, 0) is 46.1 Å². The molecular formula is C40H26BNO2. The lowest BCUT2D eigenvalue weighted by molar-refractivity contribution is 0.465. The van der Waals surface area contributed by atoms with Crippen LogP contribution in [0.25, 0.3) is 21.9 Å². The van der Waals surface area contributed by atoms with Crippen molar-refractivity contribution in [3.8, 4) is 34.1 Å². The number of fused-ring (bicyclic) bond motifs is 5. The van der Waals surface area contributed by atoms with Gasteiger partial charge in [0.25, 0.3) is 6.71 Å². The van der Waals surface area contributed by atoms with Crippen LogP contribution >= 0.6 is 0 Å². The van der Waals surface area contributed by atoms with Crippen LogP contribution in [0.5, 0.6) is 23.0 Å². The van der Waals surface area contributed by atoms with E-state index in [2.05, 4.69) is 150 Å². The molecule has 0 saturated heterocycles. The normalized spacial score (nSPS) is 12.4. The summed E-state index contributed by atoms with van der Waals surface area (Å²) in [6.07, 6.45) is 0. The van der Waals surface area contributed by atoms with Gasteiger partial charge in [0.05, 0.1) is 11.4 Å². The third-order valence-electron chi connectivity index (χ3n) is 8.76. The summed E-state index contributed by atoms with van der Waals surface area (Å²) in [5.74, 6) is 3.40. The minimum absolute atomic E-state index is 0.0339. The number of hydrogen-bond donors (Lipinski definition) is 0. The van der Waals surface area contributed by atoms with E-state index in [1.165, 1.54) is 10.8 Å². The molecule has 0 saturated carbocycles. The molecule has 0 atom stereocenters. The Morgan fingerprint density at radius 3 is 1.70 bits per heavy atom. The van der Waals surface area contributed by atoms with Crippen molar-refractivity contribution >= 4 is 50.9 Å². The molecule has 206 valence electrons. The minimum Gasteiger partial charge on any atom is -0.458 e. The predicted octanol–water partition coefficient (Wildman–Crippen LogP) is 8.70. The van der Waals surface area contributed by atoms with E-state index in [4.69, 9.17) is 9.47 Å². The molecule has 44 heavy (non-hydrogen) atoms. The maximum absolute atomic E-state index is 6.70. The van der Waals surface area contributed by atoms with Crippen LogP contribution in [-0.2, 0) is 0 Å². The van der Waals surface area contributed by atoms with Gasteiger partial charge in [-0.2, -0.15) is 0 Å². The predicted molar refractivity (Wildman–Crippen MR) is 182 cm³/mol. The van der Waals surface area contributed by atoms with Gasteiger partial charge in [-0.3, -0.25) is 0 Å². The van der Waals surface area contributed by atoms with Crippen LogP contribution in [0.2, 0.25) is 0 Å². The SMILES string of the molecule is c1ccc(-c2ccc3ccccc3c2N(c2ccccc2)c2cc3c4c(c2)Oc2ccccc2B4c2ccccc2O3)cc1. The monoisotopic (exact) mass is 563 g/mol. The number of nitrogens with zero attached hydrogens (tertiary/aromatic N) is 1. The second kappa shape index (κ2) is 9.93. The van der Waals surface area contributed by atoms with Gasteiger partial charge >= 0.3 is 0 Å². The number of ether oxygens (including phenoxy) is 2. The lowest BCUT2D eigenvalue weighted by atomic mass is 9.35. The highest BCUT2D eigenvalue weighted by Gasteiger charge is 2.40. The first kappa shape index (κ1) is 24.8. The van der Waals surface area contributed by atoms with Crippen LogP contribution in [0.1, 0.15) is 0 Å². The zero-order chi connectivity index (χ0) is 29.0. The molecule has 0 radical (unpaired) electrons. The van der Waals surface area contributed by atoms with Gasteiger partial charge in [0.15, 0.2) is 0 Å². The molecular weight excluding hydrogens is 537 g/mol.